The highest BCUT2D eigenvalue weighted by atomic mass is 79.9. The standard InChI is InChI=1S/C25H24Br2O2/c26-15-9-11-23-19(13-15)25(17-5-1-3-7-21(17)28-23)18-6-2-4-8-22(18)29-24-12-10-16(27)14-20(24)25/h1,3,5,7-14,17-21,23-24H,2,4,6H2. The van der Waals surface area contributed by atoms with Crippen molar-refractivity contribution in [1.29, 1.82) is 0 Å². The van der Waals surface area contributed by atoms with Gasteiger partial charge in [-0.05, 0) is 43.6 Å². The molecule has 0 bridgehead atoms. The maximum Gasteiger partial charge on any atom is 0.124 e. The van der Waals surface area contributed by atoms with Crippen LogP contribution in [0.2, 0.25) is 0 Å². The lowest BCUT2D eigenvalue weighted by atomic mass is 9.45. The van der Waals surface area contributed by atoms with Gasteiger partial charge in [0.05, 0.1) is 18.0 Å². The lowest BCUT2D eigenvalue weighted by Gasteiger charge is -2.64. The predicted octanol–water partition coefficient (Wildman–Crippen LogP) is 6.49. The van der Waals surface area contributed by atoms with Crippen LogP contribution in [-0.4, -0.2) is 18.3 Å². The molecule has 8 atom stereocenters. The molecule has 1 spiro atoms. The molecule has 0 amide bonds. The summed E-state index contributed by atoms with van der Waals surface area (Å²) in [4.78, 5) is 0. The molecule has 4 heteroatoms. The van der Waals surface area contributed by atoms with E-state index in [1.165, 1.54) is 18.6 Å². The molecule has 2 fully saturated rings. The second-order valence-corrected chi connectivity index (χ2v) is 10.7. The molecule has 0 aromatic rings. The molecule has 8 unspecified atom stereocenters. The summed E-state index contributed by atoms with van der Waals surface area (Å²) in [5.41, 5.74) is 0.0115. The molecule has 2 aliphatic heterocycles. The Kier molecular flexibility index (Phi) is 4.48. The van der Waals surface area contributed by atoms with Crippen molar-refractivity contribution < 1.29 is 9.47 Å². The molecule has 2 nitrogen and oxygen atoms in total. The molecule has 0 saturated carbocycles. The van der Waals surface area contributed by atoms with Crippen molar-refractivity contribution in [3.8, 4) is 0 Å². The summed E-state index contributed by atoms with van der Waals surface area (Å²) in [6, 6.07) is 0. The van der Waals surface area contributed by atoms with E-state index in [-0.39, 0.29) is 23.7 Å². The van der Waals surface area contributed by atoms with Crippen LogP contribution in [-0.2, 0) is 9.47 Å². The van der Waals surface area contributed by atoms with Crippen LogP contribution < -0.4 is 0 Å². The number of hydrogen-bond acceptors (Lipinski definition) is 2. The zero-order chi connectivity index (χ0) is 19.6. The van der Waals surface area contributed by atoms with E-state index >= 15 is 0 Å². The van der Waals surface area contributed by atoms with Gasteiger partial charge in [-0.25, -0.2) is 0 Å². The maximum atomic E-state index is 6.66. The minimum absolute atomic E-state index is 0.0115. The van der Waals surface area contributed by atoms with Crippen LogP contribution in [0.3, 0.4) is 0 Å². The summed E-state index contributed by atoms with van der Waals surface area (Å²) in [5.74, 6) is 2.54. The van der Waals surface area contributed by atoms with Crippen molar-refractivity contribution in [2.75, 3.05) is 0 Å². The van der Waals surface area contributed by atoms with Gasteiger partial charge in [-0.15, -0.1) is 0 Å². The number of hydrogen-bond donors (Lipinski definition) is 0. The van der Waals surface area contributed by atoms with Crippen LogP contribution >= 0.6 is 31.9 Å². The summed E-state index contributed by atoms with van der Waals surface area (Å²) < 4.78 is 15.6. The van der Waals surface area contributed by atoms with Gasteiger partial charge in [-0.1, -0.05) is 74.4 Å². The molecule has 0 N–H and O–H groups in total. The van der Waals surface area contributed by atoms with Gasteiger partial charge < -0.3 is 9.47 Å². The first-order chi connectivity index (χ1) is 14.2. The van der Waals surface area contributed by atoms with E-state index in [1.807, 2.05) is 0 Å². The maximum absolute atomic E-state index is 6.66. The molecule has 6 aliphatic rings. The van der Waals surface area contributed by atoms with Gasteiger partial charge >= 0.3 is 0 Å². The zero-order valence-electron chi connectivity index (χ0n) is 16.1. The molecule has 4 aliphatic carbocycles. The normalized spacial score (nSPS) is 46.6. The SMILES string of the molecule is BrC1=CC2C(C=C1)OC1=CCCCC1C21C2C=CC=CC2OC2C=CC(Br)=CC21. The molecule has 2 heterocycles. The van der Waals surface area contributed by atoms with Crippen molar-refractivity contribution in [2.45, 2.75) is 37.6 Å². The molecule has 0 aromatic heterocycles. The smallest absolute Gasteiger partial charge is 0.124 e. The van der Waals surface area contributed by atoms with Crippen molar-refractivity contribution in [2.24, 2.45) is 29.1 Å². The number of ether oxygens (including phenoxy) is 2. The summed E-state index contributed by atoms with van der Waals surface area (Å²) in [6.07, 6.45) is 28.9. The fourth-order valence-corrected chi connectivity index (χ4v) is 7.58. The third kappa shape index (κ3) is 2.68. The first-order valence-electron chi connectivity index (χ1n) is 10.7. The number of rotatable bonds is 0. The van der Waals surface area contributed by atoms with Crippen molar-refractivity contribution in [3.05, 3.63) is 81.6 Å². The highest BCUT2D eigenvalue weighted by Gasteiger charge is 2.65. The van der Waals surface area contributed by atoms with E-state index < -0.39 is 0 Å². The van der Waals surface area contributed by atoms with Gasteiger partial charge in [0, 0.05) is 38.1 Å². The van der Waals surface area contributed by atoms with Gasteiger partial charge in [0.15, 0.2) is 0 Å². The highest BCUT2D eigenvalue weighted by molar-refractivity contribution is 9.12. The van der Waals surface area contributed by atoms with Crippen LogP contribution in [0.5, 0.6) is 0 Å². The van der Waals surface area contributed by atoms with Crippen LogP contribution in [0.1, 0.15) is 19.3 Å². The molecule has 6 rings (SSSR count). The summed E-state index contributed by atoms with van der Waals surface area (Å²) in [5, 5.41) is 0. The monoisotopic (exact) mass is 514 g/mol. The Morgan fingerprint density at radius 1 is 0.828 bits per heavy atom. The Balaban J connectivity index is 1.62. The lowest BCUT2D eigenvalue weighted by molar-refractivity contribution is -0.203. The minimum Gasteiger partial charge on any atom is -0.490 e. The van der Waals surface area contributed by atoms with E-state index in [0.29, 0.717) is 23.7 Å². The summed E-state index contributed by atoms with van der Waals surface area (Å²) >= 11 is 7.56. The highest BCUT2D eigenvalue weighted by Crippen LogP contribution is 2.66. The van der Waals surface area contributed by atoms with Crippen molar-refractivity contribution >= 4 is 31.9 Å². The summed E-state index contributed by atoms with van der Waals surface area (Å²) in [7, 11) is 0. The fraction of sp³-hybridized carbons (Fsp3) is 0.440. The molecule has 0 radical (unpaired) electrons. The first-order valence-corrected chi connectivity index (χ1v) is 12.2. The first kappa shape index (κ1) is 18.7. The van der Waals surface area contributed by atoms with E-state index in [9.17, 15) is 0 Å². The van der Waals surface area contributed by atoms with Crippen LogP contribution in [0.25, 0.3) is 0 Å². The Hall–Kier alpha value is -1.10. The predicted molar refractivity (Wildman–Crippen MR) is 122 cm³/mol. The third-order valence-corrected chi connectivity index (χ3v) is 8.73. The summed E-state index contributed by atoms with van der Waals surface area (Å²) in [6.45, 7) is 0. The topological polar surface area (TPSA) is 18.5 Å². The van der Waals surface area contributed by atoms with Gasteiger partial charge in [-0.3, -0.25) is 0 Å². The molecule has 29 heavy (non-hydrogen) atoms. The Morgan fingerprint density at radius 2 is 1.52 bits per heavy atom. The van der Waals surface area contributed by atoms with Crippen LogP contribution in [0.4, 0.5) is 0 Å². The van der Waals surface area contributed by atoms with E-state index in [1.54, 1.807) is 0 Å². The number of halogens is 2. The molecule has 150 valence electrons. The Bertz CT molecular complexity index is 916. The second kappa shape index (κ2) is 6.96. The average molecular weight is 516 g/mol. The molecular formula is C25H24Br2O2. The van der Waals surface area contributed by atoms with Crippen molar-refractivity contribution in [1.82, 2.24) is 0 Å². The van der Waals surface area contributed by atoms with Gasteiger partial charge in [0.1, 0.15) is 6.10 Å². The lowest BCUT2D eigenvalue weighted by Crippen LogP contribution is -2.65. The second-order valence-electron chi connectivity index (χ2n) is 8.91. The van der Waals surface area contributed by atoms with Gasteiger partial charge in [0.2, 0.25) is 0 Å². The Morgan fingerprint density at radius 3 is 2.34 bits per heavy atom. The van der Waals surface area contributed by atoms with Gasteiger partial charge in [-0.2, -0.15) is 0 Å². The van der Waals surface area contributed by atoms with E-state index in [4.69, 9.17) is 9.47 Å². The number of allylic oxidation sites excluding steroid dienone is 8. The van der Waals surface area contributed by atoms with Crippen LogP contribution in [0, 0.1) is 29.1 Å². The fourth-order valence-electron chi connectivity index (χ4n) is 6.70. The molecule has 2 saturated heterocycles. The van der Waals surface area contributed by atoms with Crippen molar-refractivity contribution in [3.63, 3.8) is 0 Å². The van der Waals surface area contributed by atoms with E-state index in [0.717, 1.165) is 15.4 Å². The van der Waals surface area contributed by atoms with E-state index in [2.05, 4.69) is 98.7 Å². The average Bonchev–Trinajstić information content (AvgIpc) is 2.74. The molecular weight excluding hydrogens is 492 g/mol. The number of fused-ring (bicyclic) bond motifs is 8. The Labute approximate surface area is 189 Å². The third-order valence-electron chi connectivity index (χ3n) is 7.67. The largest absolute Gasteiger partial charge is 0.490 e. The zero-order valence-corrected chi connectivity index (χ0v) is 19.3. The van der Waals surface area contributed by atoms with Crippen LogP contribution in [0.15, 0.2) is 81.6 Å². The quantitative estimate of drug-likeness (QED) is 0.367. The molecule has 0 aromatic carbocycles. The van der Waals surface area contributed by atoms with Gasteiger partial charge in [0.25, 0.3) is 0 Å². The minimum atomic E-state index is 0.0115.